The zero-order valence-electron chi connectivity index (χ0n) is 31.2. The SMILES string of the molecule is COC(=O)C1=C(CC(=O)N2CCN(C3CC4CN(C(=O)c5ccccc5)CC4C3)CC2)NC(CS(=O)c2ccccc2)=C(C(=O)OC)[C@H]1c1c(Cl)cccc1Cl. The number of hydrogen-bond acceptors (Lipinski definition) is 9. The molecule has 1 saturated carbocycles. The maximum Gasteiger partial charge on any atom is 0.336 e. The van der Waals surface area contributed by atoms with Crippen LogP contribution in [0.2, 0.25) is 10.0 Å². The highest BCUT2D eigenvalue weighted by molar-refractivity contribution is 7.85. The molecule has 3 heterocycles. The number of methoxy groups -OCH3 is 2. The van der Waals surface area contributed by atoms with Crippen LogP contribution < -0.4 is 5.32 Å². The highest BCUT2D eigenvalue weighted by Gasteiger charge is 2.45. The fourth-order valence-corrected chi connectivity index (χ4v) is 10.5. The van der Waals surface area contributed by atoms with Crippen LogP contribution in [0.4, 0.5) is 0 Å². The molecule has 1 aliphatic carbocycles. The van der Waals surface area contributed by atoms with Gasteiger partial charge in [0.05, 0.1) is 54.3 Å². The Morgan fingerprint density at radius 2 is 1.29 bits per heavy atom. The van der Waals surface area contributed by atoms with Gasteiger partial charge in [-0.25, -0.2) is 9.59 Å². The van der Waals surface area contributed by atoms with E-state index >= 15 is 0 Å². The van der Waals surface area contributed by atoms with E-state index in [2.05, 4.69) is 10.2 Å². The average Bonchev–Trinajstić information content (AvgIpc) is 3.81. The van der Waals surface area contributed by atoms with Crippen molar-refractivity contribution in [1.29, 1.82) is 0 Å². The molecule has 0 bridgehead atoms. The summed E-state index contributed by atoms with van der Waals surface area (Å²) < 4.78 is 24.2. The minimum atomic E-state index is -1.63. The quantitative estimate of drug-likeness (QED) is 0.267. The first-order chi connectivity index (χ1) is 27.1. The van der Waals surface area contributed by atoms with Crippen molar-refractivity contribution < 1.29 is 32.9 Å². The van der Waals surface area contributed by atoms with Crippen LogP contribution in [0.3, 0.4) is 0 Å². The highest BCUT2D eigenvalue weighted by Crippen LogP contribution is 2.46. The minimum absolute atomic E-state index is 0.00845. The van der Waals surface area contributed by atoms with E-state index in [0.717, 1.165) is 31.5 Å². The summed E-state index contributed by atoms with van der Waals surface area (Å²) in [5.41, 5.74) is 1.39. The standard InChI is InChI=1S/C42H44Cl2N4O7S/c1-54-41(51)37-33(45-34(25-56(53)30-12-7-4-8-13-30)38(42(52)55-2)39(37)36-31(43)14-9-15-32(36)44)22-35(49)47-18-16-46(17-19-47)29-20-27-23-48(24-28(27)21-29)40(50)26-10-5-3-6-11-26/h3-15,27-29,39,45H,16-25H2,1-2H3/t27?,28?,29?,39-,56?/m0/s1. The number of hydrogen-bond donors (Lipinski definition) is 1. The van der Waals surface area contributed by atoms with Crippen molar-refractivity contribution in [2.75, 3.05) is 59.2 Å². The van der Waals surface area contributed by atoms with E-state index in [-0.39, 0.29) is 62.1 Å². The van der Waals surface area contributed by atoms with Gasteiger partial charge < -0.3 is 24.6 Å². The Hall–Kier alpha value is -4.49. The predicted octanol–water partition coefficient (Wildman–Crippen LogP) is 5.43. The van der Waals surface area contributed by atoms with Gasteiger partial charge in [-0.3, -0.25) is 18.7 Å². The first-order valence-corrected chi connectivity index (χ1v) is 20.8. The summed E-state index contributed by atoms with van der Waals surface area (Å²) in [5, 5.41) is 3.55. The molecule has 1 N–H and O–H groups in total. The molecule has 3 aliphatic heterocycles. The van der Waals surface area contributed by atoms with Crippen molar-refractivity contribution in [3.8, 4) is 0 Å². The fourth-order valence-electron chi connectivity index (χ4n) is 8.72. The van der Waals surface area contributed by atoms with Gasteiger partial charge in [-0.05, 0) is 61.1 Å². The molecule has 4 aliphatic rings. The van der Waals surface area contributed by atoms with Gasteiger partial charge in [0.15, 0.2) is 0 Å². The van der Waals surface area contributed by atoms with Gasteiger partial charge in [0, 0.05) is 82.8 Å². The van der Waals surface area contributed by atoms with Gasteiger partial charge in [0.2, 0.25) is 5.91 Å². The Morgan fingerprint density at radius 3 is 1.86 bits per heavy atom. The van der Waals surface area contributed by atoms with Gasteiger partial charge in [0.1, 0.15) is 0 Å². The molecule has 11 nitrogen and oxygen atoms in total. The number of nitrogens with one attached hydrogen (secondary N) is 1. The van der Waals surface area contributed by atoms with Gasteiger partial charge in [-0.2, -0.15) is 0 Å². The second-order valence-electron chi connectivity index (χ2n) is 14.6. The molecule has 0 spiro atoms. The summed E-state index contributed by atoms with van der Waals surface area (Å²) in [5.74, 6) is -2.13. The second-order valence-corrected chi connectivity index (χ2v) is 16.8. The molecule has 7 rings (SSSR count). The topological polar surface area (TPSA) is 126 Å². The van der Waals surface area contributed by atoms with E-state index in [0.29, 0.717) is 49.0 Å². The summed E-state index contributed by atoms with van der Waals surface area (Å²) in [6.07, 6.45) is 1.81. The first kappa shape index (κ1) is 39.7. The highest BCUT2D eigenvalue weighted by atomic mass is 35.5. The number of carbonyl (C=O) groups excluding carboxylic acids is 4. The number of amides is 2. The first-order valence-electron chi connectivity index (χ1n) is 18.7. The number of piperazine rings is 1. The van der Waals surface area contributed by atoms with Crippen molar-refractivity contribution in [1.82, 2.24) is 20.0 Å². The lowest BCUT2D eigenvalue weighted by Crippen LogP contribution is -2.52. The molecule has 3 aromatic rings. The maximum absolute atomic E-state index is 14.2. The van der Waals surface area contributed by atoms with Crippen LogP contribution in [-0.2, 0) is 34.7 Å². The van der Waals surface area contributed by atoms with Crippen LogP contribution in [0, 0.1) is 11.8 Å². The van der Waals surface area contributed by atoms with Crippen molar-refractivity contribution in [3.63, 3.8) is 0 Å². The Bertz CT molecular complexity index is 2050. The van der Waals surface area contributed by atoms with Gasteiger partial charge in [0.25, 0.3) is 5.91 Å². The lowest BCUT2D eigenvalue weighted by atomic mass is 9.79. The van der Waals surface area contributed by atoms with E-state index in [4.69, 9.17) is 32.7 Å². The number of fused-ring (bicyclic) bond motifs is 1. The molecule has 294 valence electrons. The van der Waals surface area contributed by atoms with E-state index in [1.807, 2.05) is 41.3 Å². The number of halogens is 2. The molecule has 3 aromatic carbocycles. The Morgan fingerprint density at radius 1 is 0.732 bits per heavy atom. The molecule has 56 heavy (non-hydrogen) atoms. The molecule has 14 heteroatoms. The molecular formula is C42H44Cl2N4O7S. The molecular weight excluding hydrogens is 775 g/mol. The number of carbonyl (C=O) groups is 4. The predicted molar refractivity (Wildman–Crippen MR) is 213 cm³/mol. The zero-order chi connectivity index (χ0) is 39.5. The van der Waals surface area contributed by atoms with Gasteiger partial charge in [-0.1, -0.05) is 65.7 Å². The number of ether oxygens (including phenoxy) is 2. The number of rotatable bonds is 10. The normalized spacial score (nSPS) is 23.1. The van der Waals surface area contributed by atoms with Crippen LogP contribution in [0.25, 0.3) is 0 Å². The maximum atomic E-state index is 14.2. The monoisotopic (exact) mass is 818 g/mol. The van der Waals surface area contributed by atoms with Gasteiger partial charge in [-0.15, -0.1) is 0 Å². The van der Waals surface area contributed by atoms with Crippen molar-refractivity contribution in [2.45, 2.75) is 36.1 Å². The zero-order valence-corrected chi connectivity index (χ0v) is 33.6. The summed E-state index contributed by atoms with van der Waals surface area (Å²) in [7, 11) is 0.802. The minimum Gasteiger partial charge on any atom is -0.466 e. The van der Waals surface area contributed by atoms with Gasteiger partial charge >= 0.3 is 11.9 Å². The van der Waals surface area contributed by atoms with Crippen molar-refractivity contribution in [2.24, 2.45) is 11.8 Å². The Balaban J connectivity index is 1.09. The van der Waals surface area contributed by atoms with Crippen LogP contribution in [0.1, 0.15) is 41.1 Å². The van der Waals surface area contributed by atoms with Crippen LogP contribution in [0.5, 0.6) is 0 Å². The Kier molecular flexibility index (Phi) is 12.3. The van der Waals surface area contributed by atoms with E-state index in [9.17, 15) is 23.4 Å². The number of likely N-dealkylation sites (tertiary alicyclic amines) is 1. The van der Waals surface area contributed by atoms with E-state index in [1.54, 1.807) is 47.4 Å². The third-order valence-corrected chi connectivity index (χ3v) is 13.5. The summed E-state index contributed by atoms with van der Waals surface area (Å²) >= 11 is 13.5. The smallest absolute Gasteiger partial charge is 0.336 e. The molecule has 0 aromatic heterocycles. The summed E-state index contributed by atoms with van der Waals surface area (Å²) in [4.78, 5) is 61.4. The number of dihydropyridines is 1. The molecule has 4 atom stereocenters. The fraction of sp³-hybridized carbons (Fsp3) is 0.381. The number of nitrogens with zero attached hydrogens (tertiary/aromatic N) is 3. The molecule has 3 unspecified atom stereocenters. The third-order valence-electron chi connectivity index (χ3n) is 11.5. The van der Waals surface area contributed by atoms with Crippen LogP contribution >= 0.6 is 23.2 Å². The largest absolute Gasteiger partial charge is 0.466 e. The third kappa shape index (κ3) is 8.16. The van der Waals surface area contributed by atoms with Crippen molar-refractivity contribution in [3.05, 3.63) is 123 Å². The lowest BCUT2D eigenvalue weighted by Gasteiger charge is -2.39. The summed E-state index contributed by atoms with van der Waals surface area (Å²) in [6, 6.07) is 23.5. The summed E-state index contributed by atoms with van der Waals surface area (Å²) in [6.45, 7) is 3.93. The average molecular weight is 820 g/mol. The number of benzene rings is 3. The second kappa shape index (κ2) is 17.3. The number of esters is 2. The molecule has 2 amide bonds. The molecule has 2 saturated heterocycles. The Labute approximate surface area is 339 Å². The van der Waals surface area contributed by atoms with E-state index in [1.165, 1.54) is 14.2 Å². The molecule has 3 fully saturated rings. The molecule has 0 radical (unpaired) electrons. The van der Waals surface area contributed by atoms with Crippen molar-refractivity contribution >= 4 is 57.8 Å². The van der Waals surface area contributed by atoms with E-state index < -0.39 is 28.7 Å². The van der Waals surface area contributed by atoms with Crippen LogP contribution in [-0.4, -0.2) is 108 Å². The lowest BCUT2D eigenvalue weighted by molar-refractivity contribution is -0.137. The van der Waals surface area contributed by atoms with Crippen LogP contribution in [0.15, 0.2) is 106 Å².